The number of hydrogen-bond donors (Lipinski definition) is 1. The van der Waals surface area contributed by atoms with Gasteiger partial charge in [-0.05, 0) is 0 Å². The Balaban J connectivity index is 0.000001000. The number of carboxylic acid groups (broad SMARTS) is 1. The number of nitrogens with two attached hydrogens (primary N) is 1. The van der Waals surface area contributed by atoms with E-state index in [2.05, 4.69) is 4.98 Å². The third kappa shape index (κ3) is 3.20. The van der Waals surface area contributed by atoms with E-state index >= 15 is 0 Å². The van der Waals surface area contributed by atoms with Gasteiger partial charge in [-0.1, -0.05) is 0 Å². The van der Waals surface area contributed by atoms with Gasteiger partial charge in [-0.3, -0.25) is 0 Å². The number of thiazole rings is 1. The summed E-state index contributed by atoms with van der Waals surface area (Å²) in [6.07, 6.45) is -0.159. The van der Waals surface area contributed by atoms with Crippen LogP contribution < -0.4 is 10.8 Å². The van der Waals surface area contributed by atoms with Crippen molar-refractivity contribution in [2.24, 2.45) is 0 Å². The smallest absolute Gasteiger partial charge is 0.180 e. The van der Waals surface area contributed by atoms with Gasteiger partial charge in [0, 0.05) is 17.8 Å². The van der Waals surface area contributed by atoms with Crippen LogP contribution in [0.1, 0.15) is 5.69 Å². The molecule has 0 bridgehead atoms. The molecule has 1 rings (SSSR count). The van der Waals surface area contributed by atoms with Crippen molar-refractivity contribution in [1.82, 2.24) is 4.98 Å². The average molecular weight is 194 g/mol. The third-order valence-corrected chi connectivity index (χ3v) is 1.62. The highest BCUT2D eigenvalue weighted by Crippen LogP contribution is 2.10. The molecule has 4 nitrogen and oxygen atoms in total. The quantitative estimate of drug-likeness (QED) is 0.683. The van der Waals surface area contributed by atoms with E-state index in [9.17, 15) is 9.90 Å². The van der Waals surface area contributed by atoms with Gasteiger partial charge in [0.25, 0.3) is 0 Å². The molecular formula is C5H6ClN2O2S-. The molecule has 2 N–H and O–H groups in total. The molecule has 0 spiro atoms. The van der Waals surface area contributed by atoms with E-state index in [-0.39, 0.29) is 18.8 Å². The molecule has 0 aliphatic carbocycles. The van der Waals surface area contributed by atoms with Crippen LogP contribution in [-0.2, 0) is 11.2 Å². The fourth-order valence-electron chi connectivity index (χ4n) is 0.552. The molecule has 0 aliphatic heterocycles. The summed E-state index contributed by atoms with van der Waals surface area (Å²) in [5.41, 5.74) is 5.71. The number of carboxylic acids is 1. The molecule has 0 saturated carbocycles. The summed E-state index contributed by atoms with van der Waals surface area (Å²) >= 11 is 1.22. The molecular weight excluding hydrogens is 188 g/mol. The van der Waals surface area contributed by atoms with Crippen molar-refractivity contribution in [1.29, 1.82) is 0 Å². The Morgan fingerprint density at radius 2 is 2.45 bits per heavy atom. The average Bonchev–Trinajstić information content (AvgIpc) is 2.13. The fourth-order valence-corrected chi connectivity index (χ4v) is 1.11. The van der Waals surface area contributed by atoms with Gasteiger partial charge in [0.05, 0.1) is 5.69 Å². The lowest BCUT2D eigenvalue weighted by Crippen LogP contribution is -2.24. The van der Waals surface area contributed by atoms with Crippen LogP contribution >= 0.6 is 23.7 Å². The first-order chi connectivity index (χ1) is 4.68. The Kier molecular flexibility index (Phi) is 3.84. The van der Waals surface area contributed by atoms with Gasteiger partial charge in [-0.15, -0.1) is 23.7 Å². The molecule has 0 aromatic carbocycles. The van der Waals surface area contributed by atoms with Crippen LogP contribution in [0.2, 0.25) is 0 Å². The summed E-state index contributed by atoms with van der Waals surface area (Å²) in [5, 5.41) is 12.0. The van der Waals surface area contributed by atoms with Crippen molar-refractivity contribution in [2.75, 3.05) is 5.73 Å². The van der Waals surface area contributed by atoms with Gasteiger partial charge >= 0.3 is 0 Å². The van der Waals surface area contributed by atoms with Crippen molar-refractivity contribution in [3.63, 3.8) is 0 Å². The number of nitrogen functional groups attached to an aromatic ring is 1. The molecule has 1 aromatic rings. The van der Waals surface area contributed by atoms with Crippen LogP contribution in [0.4, 0.5) is 5.13 Å². The summed E-state index contributed by atoms with van der Waals surface area (Å²) in [6.45, 7) is 0. The first kappa shape index (κ1) is 10.2. The Morgan fingerprint density at radius 3 is 2.82 bits per heavy atom. The molecule has 0 atom stereocenters. The van der Waals surface area contributed by atoms with E-state index in [0.29, 0.717) is 10.8 Å². The second-order valence-corrected chi connectivity index (χ2v) is 2.62. The van der Waals surface area contributed by atoms with E-state index in [1.807, 2.05) is 0 Å². The minimum atomic E-state index is -1.13. The van der Waals surface area contributed by atoms with E-state index in [1.54, 1.807) is 5.38 Å². The molecule has 0 unspecified atom stereocenters. The van der Waals surface area contributed by atoms with Gasteiger partial charge in [0.1, 0.15) is 0 Å². The van der Waals surface area contributed by atoms with Gasteiger partial charge in [-0.25, -0.2) is 4.98 Å². The molecule has 1 aromatic heterocycles. The zero-order valence-electron chi connectivity index (χ0n) is 5.44. The lowest BCUT2D eigenvalue weighted by atomic mass is 10.3. The number of halogens is 1. The van der Waals surface area contributed by atoms with Crippen molar-refractivity contribution in [3.05, 3.63) is 11.1 Å². The first-order valence-electron chi connectivity index (χ1n) is 2.58. The number of carbonyl (C=O) groups is 1. The molecule has 6 heteroatoms. The predicted octanol–water partition coefficient (Wildman–Crippen LogP) is -0.561. The highest BCUT2D eigenvalue weighted by molar-refractivity contribution is 7.13. The Morgan fingerprint density at radius 1 is 1.82 bits per heavy atom. The van der Waals surface area contributed by atoms with Crippen molar-refractivity contribution in [2.45, 2.75) is 6.42 Å². The summed E-state index contributed by atoms with van der Waals surface area (Å²) in [7, 11) is 0. The van der Waals surface area contributed by atoms with Gasteiger partial charge in [0.15, 0.2) is 5.13 Å². The maximum atomic E-state index is 9.99. The van der Waals surface area contributed by atoms with Crippen LogP contribution in [0.25, 0.3) is 0 Å². The summed E-state index contributed by atoms with van der Waals surface area (Å²) in [5.74, 6) is -1.13. The van der Waals surface area contributed by atoms with Crippen LogP contribution in [0, 0.1) is 0 Å². The zero-order valence-corrected chi connectivity index (χ0v) is 7.08. The minimum Gasteiger partial charge on any atom is -0.550 e. The molecule has 0 radical (unpaired) electrons. The number of anilines is 1. The first-order valence-corrected chi connectivity index (χ1v) is 3.46. The van der Waals surface area contributed by atoms with Crippen molar-refractivity contribution >= 4 is 34.8 Å². The second kappa shape index (κ2) is 4.15. The lowest BCUT2D eigenvalue weighted by molar-refractivity contribution is -0.304. The number of aromatic nitrogens is 1. The molecule has 0 aliphatic rings. The van der Waals surface area contributed by atoms with E-state index < -0.39 is 5.97 Å². The number of carbonyl (C=O) groups excluding carboxylic acids is 1. The molecule has 0 amide bonds. The standard InChI is InChI=1S/C5H6N2O2S.ClH/c6-5-7-3(2-10-5)1-4(8)9;/h2H,1H2,(H2,6,7)(H,8,9);1H/p-1. The number of hydrogen-bond acceptors (Lipinski definition) is 5. The van der Waals surface area contributed by atoms with Gasteiger partial charge in [-0.2, -0.15) is 0 Å². The lowest BCUT2D eigenvalue weighted by Gasteiger charge is -1.94. The van der Waals surface area contributed by atoms with Crippen LogP contribution in [0.15, 0.2) is 5.38 Å². The highest BCUT2D eigenvalue weighted by atomic mass is 35.5. The Bertz CT molecular complexity index is 250. The van der Waals surface area contributed by atoms with Crippen molar-refractivity contribution in [3.8, 4) is 0 Å². The third-order valence-electron chi connectivity index (χ3n) is 0.895. The largest absolute Gasteiger partial charge is 0.550 e. The normalized spacial score (nSPS) is 8.73. The topological polar surface area (TPSA) is 79.0 Å². The van der Waals surface area contributed by atoms with Crippen LogP contribution in [0.3, 0.4) is 0 Å². The highest BCUT2D eigenvalue weighted by Gasteiger charge is 1.97. The summed E-state index contributed by atoms with van der Waals surface area (Å²) in [6, 6.07) is 0. The van der Waals surface area contributed by atoms with Gasteiger partial charge in [0.2, 0.25) is 0 Å². The monoisotopic (exact) mass is 193 g/mol. The molecule has 11 heavy (non-hydrogen) atoms. The van der Waals surface area contributed by atoms with Gasteiger partial charge < -0.3 is 15.6 Å². The van der Waals surface area contributed by atoms with E-state index in [4.69, 9.17) is 5.73 Å². The molecule has 62 valence electrons. The maximum absolute atomic E-state index is 9.99. The molecule has 1 heterocycles. The summed E-state index contributed by atoms with van der Waals surface area (Å²) < 4.78 is 0. The second-order valence-electron chi connectivity index (χ2n) is 1.73. The predicted molar refractivity (Wildman–Crippen MR) is 42.5 cm³/mol. The summed E-state index contributed by atoms with van der Waals surface area (Å²) in [4.78, 5) is 13.7. The Hall–Kier alpha value is -0.810. The number of nitrogens with zero attached hydrogens (tertiary/aromatic N) is 1. The Labute approximate surface area is 73.5 Å². The SMILES string of the molecule is Cl.Nc1nc(CC(=O)[O-])cs1. The number of aliphatic carboxylic acids is 1. The van der Waals surface area contributed by atoms with Crippen molar-refractivity contribution < 1.29 is 9.90 Å². The maximum Gasteiger partial charge on any atom is 0.180 e. The number of rotatable bonds is 2. The van der Waals surface area contributed by atoms with Crippen LogP contribution in [0.5, 0.6) is 0 Å². The van der Waals surface area contributed by atoms with E-state index in [0.717, 1.165) is 0 Å². The molecule has 0 saturated heterocycles. The fraction of sp³-hybridized carbons (Fsp3) is 0.200. The van der Waals surface area contributed by atoms with Crippen LogP contribution in [-0.4, -0.2) is 11.0 Å². The minimum absolute atomic E-state index is 0. The van der Waals surface area contributed by atoms with E-state index in [1.165, 1.54) is 11.3 Å². The zero-order chi connectivity index (χ0) is 7.56. The molecule has 0 fully saturated rings.